The number of hydrogen-bond donors (Lipinski definition) is 1. The molecule has 0 spiro atoms. The van der Waals surface area contributed by atoms with Crippen LogP contribution in [0.3, 0.4) is 0 Å². The maximum Gasteiger partial charge on any atom is 0.209 e. The zero-order valence-corrected chi connectivity index (χ0v) is 16.5. The van der Waals surface area contributed by atoms with Crippen molar-refractivity contribution < 1.29 is 0 Å². The van der Waals surface area contributed by atoms with Crippen LogP contribution in [0.1, 0.15) is 23.3 Å². The van der Waals surface area contributed by atoms with Gasteiger partial charge in [-0.1, -0.05) is 29.5 Å². The highest BCUT2D eigenvalue weighted by Crippen LogP contribution is 2.30. The molecule has 0 bridgehead atoms. The topological polar surface area (TPSA) is 33.1 Å². The summed E-state index contributed by atoms with van der Waals surface area (Å²) in [7, 11) is 0. The van der Waals surface area contributed by atoms with Gasteiger partial charge in [-0.2, -0.15) is 0 Å². The molecule has 1 saturated carbocycles. The van der Waals surface area contributed by atoms with E-state index in [-0.39, 0.29) is 0 Å². The van der Waals surface area contributed by atoms with Crippen LogP contribution in [0.15, 0.2) is 41.8 Å². The van der Waals surface area contributed by atoms with Crippen molar-refractivity contribution in [3.8, 4) is 0 Å². The average Bonchev–Trinajstić information content (AvgIpc) is 3.20. The molecule has 1 fully saturated rings. The Morgan fingerprint density at radius 3 is 2.92 bits per heavy atom. The normalized spacial score (nSPS) is 14.2. The quantitative estimate of drug-likeness (QED) is 0.549. The molecule has 1 aromatic carbocycles. The fourth-order valence-corrected chi connectivity index (χ4v) is 4.54. The zero-order chi connectivity index (χ0) is 17.2. The second-order valence-electron chi connectivity index (χ2n) is 6.37. The number of aromatic nitrogens is 2. The van der Waals surface area contributed by atoms with Crippen LogP contribution < -0.4 is 5.32 Å². The molecule has 4 rings (SSSR count). The third kappa shape index (κ3) is 4.36. The standard InChI is InChI=1S/C18H20N4S3/c1-13-4-2-5-14(10-13)19-17-20-22(18(23)25-17)12-21(15-7-8-15)11-16-6-3-9-24-16/h2-6,9-10,15H,7-8,11-12H2,1H3,(H,19,20). The molecule has 1 N–H and O–H groups in total. The summed E-state index contributed by atoms with van der Waals surface area (Å²) in [5.74, 6) is 0. The number of thiophene rings is 1. The maximum atomic E-state index is 5.54. The van der Waals surface area contributed by atoms with Crippen LogP contribution in [0.4, 0.5) is 10.8 Å². The first-order valence-electron chi connectivity index (χ1n) is 8.35. The van der Waals surface area contributed by atoms with Crippen LogP contribution in [0.25, 0.3) is 0 Å². The van der Waals surface area contributed by atoms with Gasteiger partial charge in [0.25, 0.3) is 0 Å². The number of nitrogens with zero attached hydrogens (tertiary/aromatic N) is 3. The molecule has 0 saturated heterocycles. The summed E-state index contributed by atoms with van der Waals surface area (Å²) in [6, 6.07) is 13.3. The largest absolute Gasteiger partial charge is 0.330 e. The number of benzene rings is 1. The van der Waals surface area contributed by atoms with Gasteiger partial charge < -0.3 is 5.32 Å². The van der Waals surface area contributed by atoms with E-state index in [9.17, 15) is 0 Å². The van der Waals surface area contributed by atoms with Gasteiger partial charge in [-0.25, -0.2) is 4.68 Å². The summed E-state index contributed by atoms with van der Waals surface area (Å²) >= 11 is 8.88. The molecule has 0 unspecified atom stereocenters. The van der Waals surface area contributed by atoms with Gasteiger partial charge in [-0.05, 0) is 61.1 Å². The molecule has 2 heterocycles. The number of rotatable bonds is 7. The molecule has 0 radical (unpaired) electrons. The SMILES string of the molecule is Cc1cccc(Nc2nn(CN(Cc3cccs3)C3CC3)c(=S)s2)c1. The van der Waals surface area contributed by atoms with Crippen LogP contribution in [0, 0.1) is 10.9 Å². The highest BCUT2D eigenvalue weighted by atomic mass is 32.1. The van der Waals surface area contributed by atoms with Crippen molar-refractivity contribution in [2.75, 3.05) is 5.32 Å². The van der Waals surface area contributed by atoms with E-state index in [0.717, 1.165) is 28.0 Å². The van der Waals surface area contributed by atoms with Crippen LogP contribution in [0.5, 0.6) is 0 Å². The molecular formula is C18H20N4S3. The van der Waals surface area contributed by atoms with Crippen molar-refractivity contribution in [2.24, 2.45) is 0 Å². The highest BCUT2D eigenvalue weighted by molar-refractivity contribution is 7.73. The summed E-state index contributed by atoms with van der Waals surface area (Å²) in [5.41, 5.74) is 2.28. The van der Waals surface area contributed by atoms with E-state index in [1.54, 1.807) is 0 Å². The van der Waals surface area contributed by atoms with Gasteiger partial charge in [0, 0.05) is 23.2 Å². The monoisotopic (exact) mass is 388 g/mol. The van der Waals surface area contributed by atoms with E-state index in [1.165, 1.54) is 34.6 Å². The Morgan fingerprint density at radius 1 is 1.32 bits per heavy atom. The molecule has 0 atom stereocenters. The molecular weight excluding hydrogens is 368 g/mol. The Morgan fingerprint density at radius 2 is 2.20 bits per heavy atom. The van der Waals surface area contributed by atoms with Gasteiger partial charge in [0.2, 0.25) is 5.13 Å². The van der Waals surface area contributed by atoms with Crippen LogP contribution in [0.2, 0.25) is 0 Å². The summed E-state index contributed by atoms with van der Waals surface area (Å²) in [5, 5.41) is 11.1. The van der Waals surface area contributed by atoms with E-state index >= 15 is 0 Å². The third-order valence-corrected chi connectivity index (χ3v) is 6.28. The molecule has 2 aromatic heterocycles. The minimum atomic E-state index is 0.666. The average molecular weight is 389 g/mol. The molecule has 1 aliphatic rings. The summed E-state index contributed by atoms with van der Waals surface area (Å²) in [6.45, 7) is 3.82. The van der Waals surface area contributed by atoms with Gasteiger partial charge in [0.05, 0.1) is 6.67 Å². The second-order valence-corrected chi connectivity index (χ2v) is 9.02. The van der Waals surface area contributed by atoms with Gasteiger partial charge in [-0.15, -0.1) is 16.4 Å². The van der Waals surface area contributed by atoms with E-state index in [0.29, 0.717) is 6.04 Å². The Labute approximate surface area is 160 Å². The first-order chi connectivity index (χ1) is 12.2. The molecule has 130 valence electrons. The highest BCUT2D eigenvalue weighted by Gasteiger charge is 2.29. The van der Waals surface area contributed by atoms with Crippen LogP contribution in [-0.4, -0.2) is 20.7 Å². The fourth-order valence-electron chi connectivity index (χ4n) is 2.80. The lowest BCUT2D eigenvalue weighted by molar-refractivity contribution is 0.189. The molecule has 3 aromatic rings. The van der Waals surface area contributed by atoms with Gasteiger partial charge in [-0.3, -0.25) is 4.90 Å². The molecule has 4 nitrogen and oxygen atoms in total. The van der Waals surface area contributed by atoms with Crippen molar-refractivity contribution in [3.63, 3.8) is 0 Å². The third-order valence-electron chi connectivity index (χ3n) is 4.19. The first-order valence-corrected chi connectivity index (χ1v) is 10.5. The minimum Gasteiger partial charge on any atom is -0.330 e. The number of hydrogen-bond acceptors (Lipinski definition) is 6. The van der Waals surface area contributed by atoms with Crippen molar-refractivity contribution in [3.05, 3.63) is 56.2 Å². The predicted molar refractivity (Wildman–Crippen MR) is 108 cm³/mol. The van der Waals surface area contributed by atoms with Gasteiger partial charge >= 0.3 is 0 Å². The molecule has 1 aliphatic carbocycles. The van der Waals surface area contributed by atoms with Gasteiger partial charge in [0.15, 0.2) is 3.95 Å². The van der Waals surface area contributed by atoms with Crippen LogP contribution in [-0.2, 0) is 13.2 Å². The lowest BCUT2D eigenvalue weighted by Crippen LogP contribution is -2.28. The number of anilines is 2. The van der Waals surface area contributed by atoms with E-state index in [2.05, 4.69) is 52.9 Å². The second kappa shape index (κ2) is 7.37. The lowest BCUT2D eigenvalue weighted by atomic mass is 10.2. The summed E-state index contributed by atoms with van der Waals surface area (Å²) in [6.07, 6.45) is 2.55. The maximum absolute atomic E-state index is 5.54. The van der Waals surface area contributed by atoms with Crippen molar-refractivity contribution in [2.45, 2.75) is 39.0 Å². The van der Waals surface area contributed by atoms with E-state index in [1.807, 2.05) is 22.1 Å². The van der Waals surface area contributed by atoms with E-state index < -0.39 is 0 Å². The molecule has 0 amide bonds. The first kappa shape index (κ1) is 16.9. The number of aryl methyl sites for hydroxylation is 1. The Bertz CT molecular complexity index is 893. The Balaban J connectivity index is 1.48. The van der Waals surface area contributed by atoms with Crippen molar-refractivity contribution >= 4 is 45.7 Å². The van der Waals surface area contributed by atoms with E-state index in [4.69, 9.17) is 17.3 Å². The van der Waals surface area contributed by atoms with Crippen LogP contribution >= 0.6 is 34.9 Å². The van der Waals surface area contributed by atoms with Crippen molar-refractivity contribution in [1.29, 1.82) is 0 Å². The molecule has 0 aliphatic heterocycles. The predicted octanol–water partition coefficient (Wildman–Crippen LogP) is 5.41. The zero-order valence-electron chi connectivity index (χ0n) is 14.0. The van der Waals surface area contributed by atoms with Crippen molar-refractivity contribution in [1.82, 2.24) is 14.7 Å². The Hall–Kier alpha value is -1.54. The lowest BCUT2D eigenvalue weighted by Gasteiger charge is -2.20. The summed E-state index contributed by atoms with van der Waals surface area (Å²) in [4.78, 5) is 3.88. The molecule has 7 heteroatoms. The fraction of sp³-hybridized carbons (Fsp3) is 0.333. The molecule has 25 heavy (non-hydrogen) atoms. The Kier molecular flexibility index (Phi) is 4.98. The minimum absolute atomic E-state index is 0.666. The number of nitrogens with one attached hydrogen (secondary N) is 1. The van der Waals surface area contributed by atoms with Gasteiger partial charge in [0.1, 0.15) is 0 Å². The smallest absolute Gasteiger partial charge is 0.209 e. The summed E-state index contributed by atoms with van der Waals surface area (Å²) < 4.78 is 2.76.